The van der Waals surface area contributed by atoms with Crippen molar-refractivity contribution in [3.8, 4) is 0 Å². The monoisotopic (exact) mass is 343 g/mol. The fraction of sp³-hybridized carbons (Fsp3) is 0.263. The van der Waals surface area contributed by atoms with Gasteiger partial charge in [0.25, 0.3) is 0 Å². The van der Waals surface area contributed by atoms with Crippen LogP contribution >= 0.6 is 11.6 Å². The molecule has 1 aliphatic rings. The molecule has 0 bridgehead atoms. The lowest BCUT2D eigenvalue weighted by Gasteiger charge is -2.29. The Kier molecular flexibility index (Phi) is 4.86. The molecule has 2 N–H and O–H groups in total. The number of halogens is 1. The molecule has 3 rings (SSSR count). The van der Waals surface area contributed by atoms with E-state index in [1.54, 1.807) is 0 Å². The summed E-state index contributed by atoms with van der Waals surface area (Å²) < 4.78 is 0. The van der Waals surface area contributed by atoms with E-state index in [0.717, 1.165) is 23.1 Å². The zero-order valence-corrected chi connectivity index (χ0v) is 13.8. The second kappa shape index (κ2) is 7.05. The largest absolute Gasteiger partial charge is 0.481 e. The first-order valence-electron chi connectivity index (χ1n) is 7.89. The lowest BCUT2D eigenvalue weighted by atomic mass is 9.77. The number of aryl methyl sites for hydroxylation is 1. The number of amides is 1. The molecule has 0 aromatic heterocycles. The van der Waals surface area contributed by atoms with Gasteiger partial charge >= 0.3 is 5.97 Å². The molecule has 124 valence electrons. The molecular formula is C19H18ClNO3. The van der Waals surface area contributed by atoms with Crippen molar-refractivity contribution in [3.05, 3.63) is 69.7 Å². The van der Waals surface area contributed by atoms with Crippen LogP contribution in [0.4, 0.5) is 0 Å². The van der Waals surface area contributed by atoms with Crippen LogP contribution in [0.1, 0.15) is 34.6 Å². The second-order valence-corrected chi connectivity index (χ2v) is 6.42. The minimum Gasteiger partial charge on any atom is -0.481 e. The van der Waals surface area contributed by atoms with Crippen LogP contribution in [0.2, 0.25) is 5.02 Å². The van der Waals surface area contributed by atoms with Crippen LogP contribution in [-0.4, -0.2) is 17.0 Å². The molecular weight excluding hydrogens is 326 g/mol. The number of nitrogens with one attached hydrogen (secondary N) is 1. The molecule has 0 fully saturated rings. The van der Waals surface area contributed by atoms with Gasteiger partial charge in [-0.3, -0.25) is 9.59 Å². The molecule has 1 aliphatic carbocycles. The summed E-state index contributed by atoms with van der Waals surface area (Å²) in [6, 6.07) is 13.3. The Balaban J connectivity index is 1.62. The predicted octanol–water partition coefficient (Wildman–Crippen LogP) is 3.31. The fourth-order valence-electron chi connectivity index (χ4n) is 3.03. The number of benzene rings is 2. The van der Waals surface area contributed by atoms with Gasteiger partial charge in [0.1, 0.15) is 0 Å². The molecule has 2 aromatic rings. The zero-order valence-electron chi connectivity index (χ0n) is 13.1. The van der Waals surface area contributed by atoms with Crippen molar-refractivity contribution in [2.45, 2.75) is 31.7 Å². The van der Waals surface area contributed by atoms with Gasteiger partial charge in [-0.2, -0.15) is 0 Å². The van der Waals surface area contributed by atoms with Gasteiger partial charge in [-0.25, -0.2) is 0 Å². The number of carbonyl (C=O) groups is 2. The van der Waals surface area contributed by atoms with Crippen LogP contribution in [0, 0.1) is 0 Å². The fourth-order valence-corrected chi connectivity index (χ4v) is 3.21. The van der Waals surface area contributed by atoms with E-state index in [-0.39, 0.29) is 18.2 Å². The van der Waals surface area contributed by atoms with Gasteiger partial charge in [0.05, 0.1) is 5.92 Å². The summed E-state index contributed by atoms with van der Waals surface area (Å²) in [5.74, 6) is -0.987. The van der Waals surface area contributed by atoms with E-state index in [9.17, 15) is 9.59 Å². The van der Waals surface area contributed by atoms with Crippen LogP contribution in [0.3, 0.4) is 0 Å². The summed E-state index contributed by atoms with van der Waals surface area (Å²) >= 11 is 6.00. The Morgan fingerprint density at radius 2 is 1.92 bits per heavy atom. The highest BCUT2D eigenvalue weighted by Crippen LogP contribution is 2.36. The molecule has 1 atom stereocenters. The molecule has 0 saturated heterocycles. The maximum atomic E-state index is 12.4. The third kappa shape index (κ3) is 3.60. The minimum atomic E-state index is -0.822. The van der Waals surface area contributed by atoms with Crippen molar-refractivity contribution in [3.63, 3.8) is 0 Å². The molecule has 2 aromatic carbocycles. The van der Waals surface area contributed by atoms with Crippen molar-refractivity contribution in [1.82, 2.24) is 5.32 Å². The van der Waals surface area contributed by atoms with Gasteiger partial charge in [-0.05, 0) is 47.2 Å². The van der Waals surface area contributed by atoms with Crippen molar-refractivity contribution >= 4 is 23.5 Å². The van der Waals surface area contributed by atoms with Crippen molar-refractivity contribution in [2.75, 3.05) is 0 Å². The quantitative estimate of drug-likeness (QED) is 0.845. The smallest absolute Gasteiger partial charge is 0.303 e. The standard InChI is InChI=1S/C19H18ClNO3/c20-15-7-5-13-9-17(16(13)10-15)19(24)21-11-14-4-2-1-3-12(14)6-8-18(22)23/h1-5,7,10,17H,6,8-9,11H2,(H,21,24)(H,22,23). The number of carboxylic acid groups (broad SMARTS) is 1. The topological polar surface area (TPSA) is 66.4 Å². The van der Waals surface area contributed by atoms with Gasteiger partial charge < -0.3 is 10.4 Å². The Morgan fingerprint density at radius 1 is 1.17 bits per heavy atom. The summed E-state index contributed by atoms with van der Waals surface area (Å²) in [5, 5.41) is 12.4. The van der Waals surface area contributed by atoms with Crippen molar-refractivity contribution in [2.24, 2.45) is 0 Å². The molecule has 5 heteroatoms. The zero-order chi connectivity index (χ0) is 17.1. The number of carboxylic acids is 1. The molecule has 4 nitrogen and oxygen atoms in total. The number of fused-ring (bicyclic) bond motifs is 1. The highest BCUT2D eigenvalue weighted by Gasteiger charge is 2.32. The van der Waals surface area contributed by atoms with Crippen LogP contribution in [0.5, 0.6) is 0 Å². The van der Waals surface area contributed by atoms with Crippen molar-refractivity contribution < 1.29 is 14.7 Å². The maximum absolute atomic E-state index is 12.4. The molecule has 1 amide bonds. The third-order valence-corrected chi connectivity index (χ3v) is 4.64. The van der Waals surface area contributed by atoms with Gasteiger partial charge in [-0.1, -0.05) is 41.9 Å². The summed E-state index contributed by atoms with van der Waals surface area (Å²) in [6.07, 6.45) is 1.28. The number of aliphatic carboxylic acids is 1. The Morgan fingerprint density at radius 3 is 2.67 bits per heavy atom. The highest BCUT2D eigenvalue weighted by atomic mass is 35.5. The number of hydrogen-bond acceptors (Lipinski definition) is 2. The van der Waals surface area contributed by atoms with E-state index in [1.165, 1.54) is 5.56 Å². The number of carbonyl (C=O) groups excluding carboxylic acids is 1. The second-order valence-electron chi connectivity index (χ2n) is 5.98. The van der Waals surface area contributed by atoms with Gasteiger partial charge in [0.15, 0.2) is 0 Å². The average molecular weight is 344 g/mol. The number of rotatable bonds is 6. The van der Waals surface area contributed by atoms with Gasteiger partial charge in [-0.15, -0.1) is 0 Å². The van der Waals surface area contributed by atoms with E-state index >= 15 is 0 Å². The first-order chi connectivity index (χ1) is 11.5. The lowest BCUT2D eigenvalue weighted by Crippen LogP contribution is -2.35. The SMILES string of the molecule is O=C(O)CCc1ccccc1CNC(=O)C1Cc2ccc(Cl)cc21. The summed E-state index contributed by atoms with van der Waals surface area (Å²) in [5.41, 5.74) is 4.08. The van der Waals surface area contributed by atoms with Crippen LogP contribution < -0.4 is 5.32 Å². The molecule has 0 radical (unpaired) electrons. The Labute approximate surface area is 145 Å². The molecule has 24 heavy (non-hydrogen) atoms. The highest BCUT2D eigenvalue weighted by molar-refractivity contribution is 6.30. The van der Waals surface area contributed by atoms with Crippen molar-refractivity contribution in [1.29, 1.82) is 0 Å². The maximum Gasteiger partial charge on any atom is 0.303 e. The Bertz CT molecular complexity index is 788. The van der Waals surface area contributed by atoms with Gasteiger partial charge in [0, 0.05) is 18.0 Å². The molecule has 0 saturated carbocycles. The minimum absolute atomic E-state index is 0.0159. The lowest BCUT2D eigenvalue weighted by molar-refractivity contribution is -0.137. The van der Waals surface area contributed by atoms with Crippen LogP contribution in [0.25, 0.3) is 0 Å². The first kappa shape index (κ1) is 16.5. The Hall–Kier alpha value is -2.33. The predicted molar refractivity (Wildman–Crippen MR) is 92.1 cm³/mol. The molecule has 0 spiro atoms. The molecule has 1 unspecified atom stereocenters. The normalized spacial score (nSPS) is 15.3. The van der Waals surface area contributed by atoms with E-state index in [0.29, 0.717) is 18.0 Å². The summed E-state index contributed by atoms with van der Waals surface area (Å²) in [6.45, 7) is 0.404. The molecule has 0 aliphatic heterocycles. The van der Waals surface area contributed by atoms with E-state index in [1.807, 2.05) is 42.5 Å². The third-order valence-electron chi connectivity index (χ3n) is 4.40. The summed E-state index contributed by atoms with van der Waals surface area (Å²) in [4.78, 5) is 23.2. The van der Waals surface area contributed by atoms with Gasteiger partial charge in [0.2, 0.25) is 5.91 Å². The van der Waals surface area contributed by atoms with E-state index < -0.39 is 5.97 Å². The average Bonchev–Trinajstić information content (AvgIpc) is 2.54. The van der Waals surface area contributed by atoms with Crippen LogP contribution in [0.15, 0.2) is 42.5 Å². The first-order valence-corrected chi connectivity index (χ1v) is 8.27. The van der Waals surface area contributed by atoms with Crippen LogP contribution in [-0.2, 0) is 29.0 Å². The van der Waals surface area contributed by atoms with E-state index in [4.69, 9.17) is 16.7 Å². The summed E-state index contributed by atoms with van der Waals surface area (Å²) in [7, 11) is 0. The van der Waals surface area contributed by atoms with E-state index in [2.05, 4.69) is 5.32 Å². The number of hydrogen-bond donors (Lipinski definition) is 2. The molecule has 0 heterocycles.